The molecule has 1 nitrogen and oxygen atoms in total. The highest BCUT2D eigenvalue weighted by atomic mass is 35.5. The molecule has 0 rings (SSSR count). The van der Waals surface area contributed by atoms with Crippen molar-refractivity contribution in [1.82, 2.24) is 0 Å². The average molecular weight is 164 g/mol. The third-order valence-corrected chi connectivity index (χ3v) is 2.53. The normalized spacial score (nSPS) is 16.8. The van der Waals surface area contributed by atoms with Crippen LogP contribution in [-0.4, -0.2) is 11.4 Å². The molecule has 0 aliphatic heterocycles. The molecule has 10 heavy (non-hydrogen) atoms. The monoisotopic (exact) mass is 163 g/mol. The summed E-state index contributed by atoms with van der Waals surface area (Å²) in [7, 11) is 0. The number of nitrogens with two attached hydrogens (primary N) is 1. The Morgan fingerprint density at radius 2 is 2.00 bits per heavy atom. The molecule has 0 fully saturated rings. The predicted molar refractivity (Wildman–Crippen MR) is 47.5 cm³/mol. The van der Waals surface area contributed by atoms with Gasteiger partial charge < -0.3 is 5.73 Å². The molecular weight excluding hydrogens is 146 g/mol. The fourth-order valence-electron chi connectivity index (χ4n) is 0.867. The molecule has 62 valence electrons. The van der Waals surface area contributed by atoms with Gasteiger partial charge in [-0.25, -0.2) is 0 Å². The first-order valence-electron chi connectivity index (χ1n) is 4.03. The summed E-state index contributed by atoms with van der Waals surface area (Å²) in [6.45, 7) is 4.27. The molecule has 0 amide bonds. The topological polar surface area (TPSA) is 26.0 Å². The molecule has 0 aliphatic carbocycles. The molecule has 2 heteroatoms. The molecule has 0 aliphatic rings. The first-order valence-corrected chi connectivity index (χ1v) is 4.57. The van der Waals surface area contributed by atoms with Crippen LogP contribution < -0.4 is 5.73 Å². The quantitative estimate of drug-likeness (QED) is 0.620. The molecule has 0 saturated heterocycles. The Morgan fingerprint density at radius 3 is 2.30 bits per heavy atom. The molecule has 0 bridgehead atoms. The zero-order valence-electron chi connectivity index (χ0n) is 6.99. The first kappa shape index (κ1) is 10.2. The van der Waals surface area contributed by atoms with Gasteiger partial charge >= 0.3 is 0 Å². The molecule has 2 N–H and O–H groups in total. The van der Waals surface area contributed by atoms with Crippen molar-refractivity contribution in [3.8, 4) is 0 Å². The van der Waals surface area contributed by atoms with Crippen LogP contribution in [0.3, 0.4) is 0 Å². The van der Waals surface area contributed by atoms with Crippen LogP contribution in [0, 0.1) is 0 Å². The van der Waals surface area contributed by atoms with Crippen LogP contribution in [0.4, 0.5) is 0 Å². The summed E-state index contributed by atoms with van der Waals surface area (Å²) in [6, 6.07) is 0. The minimum absolute atomic E-state index is 0.0996. The van der Waals surface area contributed by atoms with Crippen molar-refractivity contribution < 1.29 is 0 Å². The second-order valence-corrected chi connectivity index (χ2v) is 3.22. The highest BCUT2D eigenvalue weighted by molar-refractivity contribution is 6.18. The standard InChI is InChI=1S/C8H18ClN/c1-3-5-6-8(10,4-2)7-9/h3-7,10H2,1-2H3. The van der Waals surface area contributed by atoms with Crippen LogP contribution in [0.1, 0.15) is 39.5 Å². The lowest BCUT2D eigenvalue weighted by Crippen LogP contribution is -2.40. The number of unbranched alkanes of at least 4 members (excludes halogenated alkanes) is 1. The molecule has 0 spiro atoms. The summed E-state index contributed by atoms with van der Waals surface area (Å²) in [4.78, 5) is 0. The lowest BCUT2D eigenvalue weighted by atomic mass is 9.93. The second kappa shape index (κ2) is 4.97. The molecule has 0 heterocycles. The van der Waals surface area contributed by atoms with Gasteiger partial charge in [0.15, 0.2) is 0 Å². The van der Waals surface area contributed by atoms with Crippen molar-refractivity contribution in [2.24, 2.45) is 5.73 Å². The summed E-state index contributed by atoms with van der Waals surface area (Å²) >= 11 is 5.72. The maximum absolute atomic E-state index is 5.95. The van der Waals surface area contributed by atoms with Gasteiger partial charge in [-0.15, -0.1) is 11.6 Å². The van der Waals surface area contributed by atoms with Crippen LogP contribution in [0.2, 0.25) is 0 Å². The summed E-state index contributed by atoms with van der Waals surface area (Å²) in [6.07, 6.45) is 4.44. The van der Waals surface area contributed by atoms with Gasteiger partial charge in [0.05, 0.1) is 0 Å². The fraction of sp³-hybridized carbons (Fsp3) is 1.00. The van der Waals surface area contributed by atoms with Gasteiger partial charge in [-0.2, -0.15) is 0 Å². The Kier molecular flexibility index (Phi) is 5.10. The third-order valence-electron chi connectivity index (χ3n) is 2.00. The smallest absolute Gasteiger partial charge is 0.0403 e. The maximum Gasteiger partial charge on any atom is 0.0403 e. The van der Waals surface area contributed by atoms with Crippen molar-refractivity contribution in [2.45, 2.75) is 45.1 Å². The number of alkyl halides is 1. The third kappa shape index (κ3) is 3.43. The largest absolute Gasteiger partial charge is 0.324 e. The highest BCUT2D eigenvalue weighted by Crippen LogP contribution is 2.16. The van der Waals surface area contributed by atoms with Gasteiger partial charge in [0.2, 0.25) is 0 Å². The van der Waals surface area contributed by atoms with Crippen LogP contribution in [0.15, 0.2) is 0 Å². The van der Waals surface area contributed by atoms with Crippen LogP contribution in [-0.2, 0) is 0 Å². The van der Waals surface area contributed by atoms with Crippen LogP contribution >= 0.6 is 11.6 Å². The van der Waals surface area contributed by atoms with E-state index in [9.17, 15) is 0 Å². The summed E-state index contributed by atoms with van der Waals surface area (Å²) < 4.78 is 0. The minimum Gasteiger partial charge on any atom is -0.324 e. The SMILES string of the molecule is CCCCC(N)(CC)CCl. The Labute approximate surface area is 68.9 Å². The van der Waals surface area contributed by atoms with Gasteiger partial charge in [0.25, 0.3) is 0 Å². The van der Waals surface area contributed by atoms with Crippen LogP contribution in [0.5, 0.6) is 0 Å². The van der Waals surface area contributed by atoms with Crippen LogP contribution in [0.25, 0.3) is 0 Å². The van der Waals surface area contributed by atoms with Gasteiger partial charge in [-0.05, 0) is 12.8 Å². The Bertz CT molecular complexity index is 79.3. The van der Waals surface area contributed by atoms with E-state index < -0.39 is 0 Å². The summed E-state index contributed by atoms with van der Waals surface area (Å²) in [5, 5.41) is 0. The molecule has 0 aromatic heterocycles. The minimum atomic E-state index is -0.0996. The van der Waals surface area contributed by atoms with E-state index in [4.69, 9.17) is 17.3 Å². The van der Waals surface area contributed by atoms with Crippen molar-refractivity contribution in [2.75, 3.05) is 5.88 Å². The van der Waals surface area contributed by atoms with Gasteiger partial charge in [0, 0.05) is 11.4 Å². The van der Waals surface area contributed by atoms with E-state index in [0.717, 1.165) is 12.8 Å². The van der Waals surface area contributed by atoms with E-state index in [1.54, 1.807) is 0 Å². The molecule has 0 aromatic carbocycles. The molecular formula is C8H18ClN. The lowest BCUT2D eigenvalue weighted by Gasteiger charge is -2.24. The molecule has 0 radical (unpaired) electrons. The molecule has 1 atom stereocenters. The van der Waals surface area contributed by atoms with E-state index in [0.29, 0.717) is 5.88 Å². The number of halogens is 1. The van der Waals surface area contributed by atoms with E-state index >= 15 is 0 Å². The lowest BCUT2D eigenvalue weighted by molar-refractivity contribution is 0.408. The number of hydrogen-bond acceptors (Lipinski definition) is 1. The van der Waals surface area contributed by atoms with Crippen molar-refractivity contribution in [1.29, 1.82) is 0 Å². The Morgan fingerprint density at radius 1 is 1.40 bits per heavy atom. The highest BCUT2D eigenvalue weighted by Gasteiger charge is 2.19. The van der Waals surface area contributed by atoms with Crippen molar-refractivity contribution in [3.63, 3.8) is 0 Å². The predicted octanol–water partition coefficient (Wildman–Crippen LogP) is 2.52. The van der Waals surface area contributed by atoms with Gasteiger partial charge in [0.1, 0.15) is 0 Å². The van der Waals surface area contributed by atoms with Gasteiger partial charge in [-0.3, -0.25) is 0 Å². The van der Waals surface area contributed by atoms with Crippen molar-refractivity contribution in [3.05, 3.63) is 0 Å². The zero-order chi connectivity index (χ0) is 8.04. The van der Waals surface area contributed by atoms with E-state index in [-0.39, 0.29) is 5.54 Å². The van der Waals surface area contributed by atoms with Crippen molar-refractivity contribution >= 4 is 11.6 Å². The summed E-state index contributed by atoms with van der Waals surface area (Å²) in [5.74, 6) is 0.587. The maximum atomic E-state index is 5.95. The average Bonchev–Trinajstić information content (AvgIpc) is 2.00. The molecule has 0 saturated carbocycles. The first-order chi connectivity index (χ1) is 4.68. The Hall–Kier alpha value is 0.250. The van der Waals surface area contributed by atoms with E-state index in [1.807, 2.05) is 0 Å². The van der Waals surface area contributed by atoms with E-state index in [1.165, 1.54) is 12.8 Å². The zero-order valence-corrected chi connectivity index (χ0v) is 7.75. The van der Waals surface area contributed by atoms with E-state index in [2.05, 4.69) is 13.8 Å². The molecule has 0 aromatic rings. The number of hydrogen-bond donors (Lipinski definition) is 1. The fourth-order valence-corrected chi connectivity index (χ4v) is 1.19. The van der Waals surface area contributed by atoms with Gasteiger partial charge in [-0.1, -0.05) is 26.7 Å². The second-order valence-electron chi connectivity index (χ2n) is 2.95. The Balaban J connectivity index is 3.58. The summed E-state index contributed by atoms with van der Waals surface area (Å²) in [5.41, 5.74) is 5.85. The molecule has 1 unspecified atom stereocenters. The number of rotatable bonds is 5.